The Morgan fingerprint density at radius 2 is 2.12 bits per heavy atom. The molecule has 0 bridgehead atoms. The van der Waals surface area contributed by atoms with Crippen LogP contribution < -0.4 is 10.1 Å². The third-order valence-electron chi connectivity index (χ3n) is 5.00. The number of methoxy groups -OCH3 is 1. The number of nitriles is 1. The molecule has 9 heteroatoms. The van der Waals surface area contributed by atoms with E-state index in [0.29, 0.717) is 35.9 Å². The molecular weight excluding hydrogens is 406 g/mol. The lowest BCUT2D eigenvalue weighted by atomic mass is 10.1. The van der Waals surface area contributed by atoms with Crippen molar-refractivity contribution in [1.82, 2.24) is 24.8 Å². The van der Waals surface area contributed by atoms with Gasteiger partial charge in [-0.1, -0.05) is 18.2 Å². The van der Waals surface area contributed by atoms with E-state index in [1.807, 2.05) is 35.0 Å². The Bertz CT molecular complexity index is 1340. The number of aryl methyl sites for hydroxylation is 2. The van der Waals surface area contributed by atoms with Gasteiger partial charge in [0.15, 0.2) is 5.82 Å². The number of aromatic nitrogens is 5. The molecule has 1 N–H and O–H groups in total. The number of para-hydroxylation sites is 1. The molecule has 2 aromatic carbocycles. The smallest absolute Gasteiger partial charge is 0.248 e. The summed E-state index contributed by atoms with van der Waals surface area (Å²) in [7, 11) is 1.56. The third-order valence-corrected chi connectivity index (χ3v) is 5.00. The van der Waals surface area contributed by atoms with E-state index in [2.05, 4.69) is 26.9 Å². The zero-order valence-corrected chi connectivity index (χ0v) is 17.7. The number of tetrazole rings is 1. The lowest BCUT2D eigenvalue weighted by Gasteiger charge is -2.11. The molecule has 0 atom stereocenters. The number of hydrogen-bond acceptors (Lipinski definition) is 6. The SMILES string of the molecule is COc1ccc(NC(=O)/C=C/c2cn(CCC#N)c3ccccc23)cc1-n1nnnc1C. The number of carbonyl (C=O) groups excluding carboxylic acids is 1. The molecule has 0 saturated heterocycles. The fourth-order valence-electron chi connectivity index (χ4n) is 3.50. The predicted molar refractivity (Wildman–Crippen MR) is 120 cm³/mol. The van der Waals surface area contributed by atoms with Crippen molar-refractivity contribution in [3.8, 4) is 17.5 Å². The van der Waals surface area contributed by atoms with Crippen LogP contribution in [0.15, 0.2) is 54.7 Å². The van der Waals surface area contributed by atoms with E-state index in [1.165, 1.54) is 6.08 Å². The summed E-state index contributed by atoms with van der Waals surface area (Å²) >= 11 is 0. The quantitative estimate of drug-likeness (QED) is 0.452. The molecule has 2 heterocycles. The molecule has 0 fully saturated rings. The summed E-state index contributed by atoms with van der Waals surface area (Å²) in [4.78, 5) is 12.6. The van der Waals surface area contributed by atoms with Gasteiger partial charge in [0.2, 0.25) is 5.91 Å². The Hall–Kier alpha value is -4.45. The van der Waals surface area contributed by atoms with Gasteiger partial charge in [-0.3, -0.25) is 4.79 Å². The molecule has 32 heavy (non-hydrogen) atoms. The van der Waals surface area contributed by atoms with Gasteiger partial charge in [0, 0.05) is 41.0 Å². The first kappa shape index (κ1) is 20.8. The Labute approximate surface area is 184 Å². The molecular formula is C23H21N7O2. The minimum Gasteiger partial charge on any atom is -0.494 e. The molecule has 0 unspecified atom stereocenters. The maximum absolute atomic E-state index is 12.6. The van der Waals surface area contributed by atoms with Crippen LogP contribution >= 0.6 is 0 Å². The van der Waals surface area contributed by atoms with Crippen molar-refractivity contribution in [2.75, 3.05) is 12.4 Å². The van der Waals surface area contributed by atoms with Crippen LogP contribution in [0.4, 0.5) is 5.69 Å². The average Bonchev–Trinajstić information content (AvgIpc) is 3.39. The van der Waals surface area contributed by atoms with Gasteiger partial charge in [-0.25, -0.2) is 0 Å². The Kier molecular flexibility index (Phi) is 5.94. The summed E-state index contributed by atoms with van der Waals surface area (Å²) in [5, 5.41) is 24.3. The van der Waals surface area contributed by atoms with Crippen molar-refractivity contribution >= 4 is 28.6 Å². The monoisotopic (exact) mass is 427 g/mol. The second-order valence-electron chi connectivity index (χ2n) is 7.05. The minimum absolute atomic E-state index is 0.275. The normalized spacial score (nSPS) is 11.0. The number of benzene rings is 2. The highest BCUT2D eigenvalue weighted by Gasteiger charge is 2.12. The van der Waals surface area contributed by atoms with Crippen LogP contribution in [0.3, 0.4) is 0 Å². The second-order valence-corrected chi connectivity index (χ2v) is 7.05. The Morgan fingerprint density at radius 3 is 2.88 bits per heavy atom. The summed E-state index contributed by atoms with van der Waals surface area (Å²) in [5.41, 5.74) is 3.15. The predicted octanol–water partition coefficient (Wildman–Crippen LogP) is 3.50. The van der Waals surface area contributed by atoms with Crippen molar-refractivity contribution in [3.63, 3.8) is 0 Å². The molecule has 160 valence electrons. The van der Waals surface area contributed by atoms with E-state index >= 15 is 0 Å². The van der Waals surface area contributed by atoms with Crippen LogP contribution in [-0.4, -0.2) is 37.8 Å². The molecule has 0 spiro atoms. The maximum Gasteiger partial charge on any atom is 0.248 e. The summed E-state index contributed by atoms with van der Waals surface area (Å²) in [6.07, 6.45) is 5.64. The highest BCUT2D eigenvalue weighted by atomic mass is 16.5. The molecule has 4 aromatic rings. The molecule has 0 radical (unpaired) electrons. The van der Waals surface area contributed by atoms with Gasteiger partial charge in [-0.2, -0.15) is 9.94 Å². The van der Waals surface area contributed by atoms with Crippen molar-refractivity contribution in [2.45, 2.75) is 19.9 Å². The zero-order chi connectivity index (χ0) is 22.5. The van der Waals surface area contributed by atoms with Crippen LogP contribution in [0.25, 0.3) is 22.7 Å². The topological polar surface area (TPSA) is 111 Å². The molecule has 2 aromatic heterocycles. The molecule has 0 saturated carbocycles. The highest BCUT2D eigenvalue weighted by Crippen LogP contribution is 2.27. The largest absolute Gasteiger partial charge is 0.494 e. The van der Waals surface area contributed by atoms with Gasteiger partial charge in [0.05, 0.1) is 19.6 Å². The molecule has 0 aliphatic carbocycles. The summed E-state index contributed by atoms with van der Waals surface area (Å²) in [6, 6.07) is 15.3. The fourth-order valence-corrected chi connectivity index (χ4v) is 3.50. The zero-order valence-electron chi connectivity index (χ0n) is 17.7. The molecule has 0 aliphatic rings. The van der Waals surface area contributed by atoms with Crippen LogP contribution in [-0.2, 0) is 11.3 Å². The van der Waals surface area contributed by atoms with Crippen molar-refractivity contribution in [1.29, 1.82) is 5.26 Å². The number of hydrogen-bond donors (Lipinski definition) is 1. The fraction of sp³-hybridized carbons (Fsp3) is 0.174. The first-order valence-electron chi connectivity index (χ1n) is 9.98. The first-order valence-corrected chi connectivity index (χ1v) is 9.98. The van der Waals surface area contributed by atoms with Crippen molar-refractivity contribution < 1.29 is 9.53 Å². The lowest BCUT2D eigenvalue weighted by Crippen LogP contribution is -2.09. The van der Waals surface area contributed by atoms with E-state index in [0.717, 1.165) is 16.5 Å². The summed E-state index contributed by atoms with van der Waals surface area (Å²) < 4.78 is 8.97. The highest BCUT2D eigenvalue weighted by molar-refractivity contribution is 6.03. The van der Waals surface area contributed by atoms with E-state index in [9.17, 15) is 4.79 Å². The van der Waals surface area contributed by atoms with Crippen LogP contribution in [0.2, 0.25) is 0 Å². The van der Waals surface area contributed by atoms with E-state index in [1.54, 1.807) is 43.0 Å². The van der Waals surface area contributed by atoms with Crippen molar-refractivity contribution in [3.05, 3.63) is 66.1 Å². The number of carbonyl (C=O) groups is 1. The van der Waals surface area contributed by atoms with Gasteiger partial charge in [-0.15, -0.1) is 5.10 Å². The summed E-state index contributed by atoms with van der Waals surface area (Å²) in [5.74, 6) is 0.905. The second kappa shape index (κ2) is 9.14. The van der Waals surface area contributed by atoms with Gasteiger partial charge in [0.1, 0.15) is 11.4 Å². The molecule has 4 rings (SSSR count). The maximum atomic E-state index is 12.6. The molecule has 1 amide bonds. The summed E-state index contributed by atoms with van der Waals surface area (Å²) in [6.45, 7) is 2.38. The van der Waals surface area contributed by atoms with E-state index in [4.69, 9.17) is 10.00 Å². The van der Waals surface area contributed by atoms with E-state index < -0.39 is 0 Å². The average molecular weight is 427 g/mol. The van der Waals surface area contributed by atoms with Gasteiger partial charge < -0.3 is 14.6 Å². The minimum atomic E-state index is -0.275. The number of amides is 1. The van der Waals surface area contributed by atoms with Crippen LogP contribution in [0.5, 0.6) is 5.75 Å². The number of nitrogens with one attached hydrogen (secondary N) is 1. The number of rotatable bonds is 7. The van der Waals surface area contributed by atoms with Gasteiger partial charge >= 0.3 is 0 Å². The number of fused-ring (bicyclic) bond motifs is 1. The molecule has 0 aliphatic heterocycles. The van der Waals surface area contributed by atoms with Crippen LogP contribution in [0, 0.1) is 18.3 Å². The third kappa shape index (κ3) is 4.20. The number of ether oxygens (including phenoxy) is 1. The van der Waals surface area contributed by atoms with Crippen molar-refractivity contribution in [2.24, 2.45) is 0 Å². The Balaban J connectivity index is 1.56. The van der Waals surface area contributed by atoms with Gasteiger partial charge in [0.25, 0.3) is 0 Å². The van der Waals surface area contributed by atoms with Crippen LogP contribution in [0.1, 0.15) is 17.8 Å². The standard InChI is InChI=1S/C23H21N7O2/c1-16-26-27-28-30(16)21-14-18(9-10-22(21)32-2)25-23(31)11-8-17-15-29(13-5-12-24)20-7-4-3-6-19(17)20/h3-4,6-11,14-15H,5,13H2,1-2H3,(H,25,31)/b11-8+. The molecule has 9 nitrogen and oxygen atoms in total. The Morgan fingerprint density at radius 1 is 1.28 bits per heavy atom. The lowest BCUT2D eigenvalue weighted by molar-refractivity contribution is -0.111. The van der Waals surface area contributed by atoms with E-state index in [-0.39, 0.29) is 5.91 Å². The number of anilines is 1. The van der Waals surface area contributed by atoms with Gasteiger partial charge in [-0.05, 0) is 47.7 Å². The number of nitrogens with zero attached hydrogens (tertiary/aromatic N) is 6. The first-order chi connectivity index (χ1) is 15.6.